The van der Waals surface area contributed by atoms with Crippen LogP contribution < -0.4 is 0 Å². The van der Waals surface area contributed by atoms with E-state index in [1.54, 1.807) is 5.51 Å². The maximum Gasteiger partial charge on any atom is 0.335 e. The third-order valence-electron chi connectivity index (χ3n) is 2.96. The van der Waals surface area contributed by atoms with Crippen molar-refractivity contribution < 1.29 is 18.3 Å². The number of benzene rings is 1. The molecule has 0 aliphatic rings. The van der Waals surface area contributed by atoms with Crippen molar-refractivity contribution in [1.29, 1.82) is 0 Å². The third kappa shape index (κ3) is 3.69. The maximum atomic E-state index is 12.4. The molecule has 0 aliphatic carbocycles. The fraction of sp³-hybridized carbons (Fsp3) is 0.231. The summed E-state index contributed by atoms with van der Waals surface area (Å²) in [5.41, 5.74) is 2.46. The molecule has 1 aromatic heterocycles. The largest absolute Gasteiger partial charge is 0.478 e. The Bertz CT molecular complexity index is 783. The van der Waals surface area contributed by atoms with Crippen molar-refractivity contribution in [1.82, 2.24) is 4.98 Å². The average molecular weight is 390 g/mol. The Kier molecular flexibility index (Phi) is 4.80. The Morgan fingerprint density at radius 3 is 2.71 bits per heavy atom. The molecule has 0 bridgehead atoms. The van der Waals surface area contributed by atoms with Crippen molar-refractivity contribution in [3.63, 3.8) is 0 Å². The normalized spacial score (nSPS) is 11.5. The smallest absolute Gasteiger partial charge is 0.335 e. The van der Waals surface area contributed by atoms with E-state index in [2.05, 4.69) is 20.9 Å². The van der Waals surface area contributed by atoms with Crippen LogP contribution in [-0.2, 0) is 16.3 Å². The standard InChI is InChI=1S/C13H12BrNO4S2/c1-8-11(20-7-15-8)4-5-21(18,19)12-6-9(13(16)17)2-3-10(12)14/h2-3,6-7H,4-5H2,1H3,(H,16,17). The van der Waals surface area contributed by atoms with E-state index in [0.717, 1.165) is 10.6 Å². The van der Waals surface area contributed by atoms with Crippen LogP contribution in [0.4, 0.5) is 0 Å². The lowest BCUT2D eigenvalue weighted by molar-refractivity contribution is 0.0696. The summed E-state index contributed by atoms with van der Waals surface area (Å²) in [5, 5.41) is 8.97. The number of carbonyl (C=O) groups is 1. The van der Waals surface area contributed by atoms with Gasteiger partial charge in [0.25, 0.3) is 0 Å². The highest BCUT2D eigenvalue weighted by atomic mass is 79.9. The van der Waals surface area contributed by atoms with Gasteiger partial charge in [-0.3, -0.25) is 0 Å². The molecular weight excluding hydrogens is 378 g/mol. The number of carboxylic acid groups (broad SMARTS) is 1. The predicted molar refractivity (Wildman–Crippen MR) is 83.7 cm³/mol. The molecule has 8 heteroatoms. The van der Waals surface area contributed by atoms with E-state index in [4.69, 9.17) is 5.11 Å². The second-order valence-electron chi connectivity index (χ2n) is 4.38. The minimum atomic E-state index is -3.57. The second kappa shape index (κ2) is 6.25. The molecule has 1 heterocycles. The number of aromatic nitrogens is 1. The van der Waals surface area contributed by atoms with Gasteiger partial charge in [0, 0.05) is 9.35 Å². The molecule has 1 aromatic carbocycles. The summed E-state index contributed by atoms with van der Waals surface area (Å²) in [5.74, 6) is -1.24. The van der Waals surface area contributed by atoms with Crippen LogP contribution in [0.3, 0.4) is 0 Å². The number of sulfone groups is 1. The van der Waals surface area contributed by atoms with Gasteiger partial charge in [-0.2, -0.15) is 0 Å². The molecule has 0 fully saturated rings. The highest BCUT2D eigenvalue weighted by molar-refractivity contribution is 9.10. The Balaban J connectivity index is 2.29. The lowest BCUT2D eigenvalue weighted by Crippen LogP contribution is -2.11. The zero-order valence-electron chi connectivity index (χ0n) is 11.0. The molecule has 112 valence electrons. The molecule has 0 atom stereocenters. The van der Waals surface area contributed by atoms with Crippen LogP contribution >= 0.6 is 27.3 Å². The highest BCUT2D eigenvalue weighted by Gasteiger charge is 2.20. The topological polar surface area (TPSA) is 84.3 Å². The summed E-state index contributed by atoms with van der Waals surface area (Å²) >= 11 is 4.58. The van der Waals surface area contributed by atoms with E-state index in [0.29, 0.717) is 10.9 Å². The maximum absolute atomic E-state index is 12.4. The number of aryl methyl sites for hydroxylation is 2. The molecule has 0 saturated heterocycles. The van der Waals surface area contributed by atoms with Gasteiger partial charge in [-0.1, -0.05) is 0 Å². The van der Waals surface area contributed by atoms with Crippen LogP contribution in [0.2, 0.25) is 0 Å². The summed E-state index contributed by atoms with van der Waals surface area (Å²) in [4.78, 5) is 16.0. The molecule has 1 N–H and O–H groups in total. The van der Waals surface area contributed by atoms with E-state index in [1.165, 1.54) is 29.5 Å². The zero-order chi connectivity index (χ0) is 15.6. The lowest BCUT2D eigenvalue weighted by atomic mass is 10.2. The average Bonchev–Trinajstić information content (AvgIpc) is 2.82. The first-order valence-electron chi connectivity index (χ1n) is 5.96. The number of thiazole rings is 1. The summed E-state index contributed by atoms with van der Waals surface area (Å²) in [7, 11) is -3.57. The van der Waals surface area contributed by atoms with E-state index in [9.17, 15) is 13.2 Å². The van der Waals surface area contributed by atoms with Gasteiger partial charge in [-0.15, -0.1) is 11.3 Å². The number of aromatic carboxylic acids is 1. The summed E-state index contributed by atoms with van der Waals surface area (Å²) in [6.45, 7) is 1.83. The molecule has 0 radical (unpaired) electrons. The molecule has 5 nitrogen and oxygen atoms in total. The predicted octanol–water partition coefficient (Wildman–Crippen LogP) is 2.93. The van der Waals surface area contributed by atoms with Crippen molar-refractivity contribution in [2.24, 2.45) is 0 Å². The van der Waals surface area contributed by atoms with Crippen LogP contribution in [-0.4, -0.2) is 30.2 Å². The SMILES string of the molecule is Cc1ncsc1CCS(=O)(=O)c1cc(C(=O)O)ccc1Br. The van der Waals surface area contributed by atoms with E-state index >= 15 is 0 Å². The Hall–Kier alpha value is -1.25. The van der Waals surface area contributed by atoms with Crippen molar-refractivity contribution in [3.8, 4) is 0 Å². The van der Waals surface area contributed by atoms with Crippen LogP contribution in [0.1, 0.15) is 20.9 Å². The fourth-order valence-corrected chi connectivity index (χ4v) is 5.04. The number of halogens is 1. The monoisotopic (exact) mass is 389 g/mol. The van der Waals surface area contributed by atoms with Gasteiger partial charge < -0.3 is 5.11 Å². The lowest BCUT2D eigenvalue weighted by Gasteiger charge is -2.07. The van der Waals surface area contributed by atoms with E-state index < -0.39 is 15.8 Å². The van der Waals surface area contributed by atoms with Gasteiger partial charge in [-0.05, 0) is 47.5 Å². The van der Waals surface area contributed by atoms with Gasteiger partial charge in [0.15, 0.2) is 9.84 Å². The molecule has 0 aliphatic heterocycles. The van der Waals surface area contributed by atoms with Gasteiger partial charge >= 0.3 is 5.97 Å². The van der Waals surface area contributed by atoms with Crippen LogP contribution in [0.5, 0.6) is 0 Å². The molecule has 0 unspecified atom stereocenters. The second-order valence-corrected chi connectivity index (χ2v) is 8.25. The minimum absolute atomic E-state index is 0.00423. The molecule has 2 aromatic rings. The van der Waals surface area contributed by atoms with Crippen LogP contribution in [0.15, 0.2) is 33.1 Å². The number of nitrogens with zero attached hydrogens (tertiary/aromatic N) is 1. The van der Waals surface area contributed by atoms with E-state index in [1.807, 2.05) is 6.92 Å². The third-order valence-corrected chi connectivity index (χ3v) is 6.65. The Morgan fingerprint density at radius 1 is 1.43 bits per heavy atom. The first-order valence-corrected chi connectivity index (χ1v) is 9.28. The summed E-state index contributed by atoms with van der Waals surface area (Å²) in [6.07, 6.45) is 0.364. The van der Waals surface area contributed by atoms with Crippen molar-refractivity contribution in [2.45, 2.75) is 18.2 Å². The van der Waals surface area contributed by atoms with E-state index in [-0.39, 0.29) is 16.2 Å². The summed E-state index contributed by atoms with van der Waals surface area (Å²) in [6, 6.07) is 3.98. The first-order chi connectivity index (χ1) is 9.81. The quantitative estimate of drug-likeness (QED) is 0.849. The Morgan fingerprint density at radius 2 is 2.14 bits per heavy atom. The van der Waals surface area contributed by atoms with Gasteiger partial charge in [0.05, 0.1) is 27.4 Å². The number of rotatable bonds is 5. The highest BCUT2D eigenvalue weighted by Crippen LogP contribution is 2.25. The minimum Gasteiger partial charge on any atom is -0.478 e. The molecule has 0 spiro atoms. The molecule has 0 saturated carbocycles. The zero-order valence-corrected chi connectivity index (χ0v) is 14.3. The van der Waals surface area contributed by atoms with Crippen molar-refractivity contribution in [3.05, 3.63) is 44.3 Å². The first kappa shape index (κ1) is 16.1. The molecule has 2 rings (SSSR count). The summed E-state index contributed by atoms with van der Waals surface area (Å²) < 4.78 is 25.2. The van der Waals surface area contributed by atoms with Gasteiger partial charge in [-0.25, -0.2) is 18.2 Å². The van der Waals surface area contributed by atoms with Gasteiger partial charge in [0.2, 0.25) is 0 Å². The fourth-order valence-electron chi connectivity index (χ4n) is 1.78. The number of hydrogen-bond acceptors (Lipinski definition) is 5. The van der Waals surface area contributed by atoms with Crippen molar-refractivity contribution >= 4 is 43.1 Å². The van der Waals surface area contributed by atoms with Crippen LogP contribution in [0, 0.1) is 6.92 Å². The van der Waals surface area contributed by atoms with Crippen LogP contribution in [0.25, 0.3) is 0 Å². The Labute approximate surface area is 134 Å². The number of hydrogen-bond donors (Lipinski definition) is 1. The molecular formula is C13H12BrNO4S2. The van der Waals surface area contributed by atoms with Gasteiger partial charge in [0.1, 0.15) is 0 Å². The molecule has 0 amide bonds. The molecule has 21 heavy (non-hydrogen) atoms. The van der Waals surface area contributed by atoms with Crippen molar-refractivity contribution in [2.75, 3.05) is 5.75 Å². The number of carboxylic acids is 1.